The second-order valence-corrected chi connectivity index (χ2v) is 13.1. The van der Waals surface area contributed by atoms with Crippen LogP contribution in [-0.4, -0.2) is 94.4 Å². The van der Waals surface area contributed by atoms with Crippen molar-refractivity contribution in [2.45, 2.75) is 116 Å². The summed E-state index contributed by atoms with van der Waals surface area (Å²) in [7, 11) is 1.24. The number of carboxylic acid groups (broad SMARTS) is 1. The van der Waals surface area contributed by atoms with Crippen LogP contribution in [0.5, 0.6) is 0 Å². The Bertz CT molecular complexity index is 1480. The molecule has 5 unspecified atom stereocenters. The predicted molar refractivity (Wildman–Crippen MR) is 182 cm³/mol. The molecule has 4 amide bonds. The highest BCUT2D eigenvalue weighted by molar-refractivity contribution is 5.96. The molecule has 0 aliphatic carbocycles. The van der Waals surface area contributed by atoms with Crippen LogP contribution in [0.3, 0.4) is 0 Å². The van der Waals surface area contributed by atoms with Gasteiger partial charge in [-0.15, -0.1) is 0 Å². The summed E-state index contributed by atoms with van der Waals surface area (Å²) < 4.78 is 11.4. The Hall–Kier alpha value is -4.62. The van der Waals surface area contributed by atoms with Gasteiger partial charge in [0.05, 0.1) is 25.7 Å². The highest BCUT2D eigenvalue weighted by atomic mass is 16.5. The van der Waals surface area contributed by atoms with E-state index in [0.29, 0.717) is 22.9 Å². The lowest BCUT2D eigenvalue weighted by Gasteiger charge is -2.39. The maximum atomic E-state index is 14.0. The number of amides is 4. The number of esters is 1. The van der Waals surface area contributed by atoms with Gasteiger partial charge in [0.2, 0.25) is 11.8 Å². The molecule has 49 heavy (non-hydrogen) atoms. The number of para-hydroxylation sites is 1. The molecule has 0 spiro atoms. The van der Waals surface area contributed by atoms with Crippen LogP contribution in [0.25, 0.3) is 10.9 Å². The van der Waals surface area contributed by atoms with Crippen LogP contribution in [0.4, 0.5) is 9.59 Å². The fraction of sp³-hybridized carbons (Fsp3) is 0.600. The van der Waals surface area contributed by atoms with E-state index in [0.717, 1.165) is 25.7 Å². The smallest absolute Gasteiger partial charge is 0.418 e. The van der Waals surface area contributed by atoms with Crippen LogP contribution in [-0.2, 0) is 35.1 Å². The zero-order chi connectivity index (χ0) is 36.2. The van der Waals surface area contributed by atoms with Gasteiger partial charge < -0.3 is 35.4 Å². The number of carbonyl (C=O) groups is 6. The van der Waals surface area contributed by atoms with Gasteiger partial charge in [0.1, 0.15) is 18.1 Å². The topological polar surface area (TPSA) is 185 Å². The molecule has 2 heterocycles. The number of likely N-dealkylation sites (tertiary alicyclic amines) is 1. The largest absolute Gasteiger partial charge is 0.481 e. The maximum absolute atomic E-state index is 14.0. The minimum Gasteiger partial charge on any atom is -0.481 e. The third-order valence-corrected chi connectivity index (χ3v) is 8.69. The molecule has 270 valence electrons. The SMILES string of the molecule is CCCCOC(=O)C(CC(=O)O)NC(=O)C(Cc1cn(C(=O)OC)c2ccccc12)NC(=O)C(CC(C)C)NC(=O)N1C(C)CCCC1C. The fourth-order valence-corrected chi connectivity index (χ4v) is 6.17. The van der Waals surface area contributed by atoms with Crippen LogP contribution in [0, 0.1) is 5.92 Å². The lowest BCUT2D eigenvalue weighted by molar-refractivity contribution is -0.152. The van der Waals surface area contributed by atoms with Gasteiger partial charge in [0.15, 0.2) is 0 Å². The van der Waals surface area contributed by atoms with Gasteiger partial charge >= 0.3 is 24.1 Å². The molecule has 3 rings (SSSR count). The number of methoxy groups -OCH3 is 1. The predicted octanol–water partition coefficient (Wildman–Crippen LogP) is 3.97. The maximum Gasteiger partial charge on any atom is 0.418 e. The van der Waals surface area contributed by atoms with Crippen LogP contribution in [0.1, 0.15) is 85.1 Å². The number of hydrogen-bond donors (Lipinski definition) is 4. The summed E-state index contributed by atoms with van der Waals surface area (Å²) >= 11 is 0. The average molecular weight is 686 g/mol. The van der Waals surface area contributed by atoms with E-state index >= 15 is 0 Å². The van der Waals surface area contributed by atoms with Gasteiger partial charge in [-0.25, -0.2) is 14.4 Å². The second-order valence-electron chi connectivity index (χ2n) is 13.1. The zero-order valence-electron chi connectivity index (χ0n) is 29.3. The molecular formula is C35H51N5O9. The molecule has 1 saturated heterocycles. The van der Waals surface area contributed by atoms with Gasteiger partial charge in [-0.3, -0.25) is 19.0 Å². The molecule has 2 aromatic rings. The molecule has 1 fully saturated rings. The zero-order valence-corrected chi connectivity index (χ0v) is 29.3. The molecule has 1 aromatic carbocycles. The fourth-order valence-electron chi connectivity index (χ4n) is 6.17. The van der Waals surface area contributed by atoms with E-state index in [1.165, 1.54) is 17.9 Å². The normalized spacial score (nSPS) is 17.9. The number of urea groups is 1. The van der Waals surface area contributed by atoms with Crippen molar-refractivity contribution in [1.82, 2.24) is 25.4 Å². The van der Waals surface area contributed by atoms with Crippen molar-refractivity contribution in [3.05, 3.63) is 36.0 Å². The Morgan fingerprint density at radius 3 is 2.18 bits per heavy atom. The lowest BCUT2D eigenvalue weighted by atomic mass is 9.97. The number of nitrogens with one attached hydrogen (secondary N) is 3. The third kappa shape index (κ3) is 10.7. The number of unbranched alkanes of at least 4 members (excludes halogenated alkanes) is 1. The molecular weight excluding hydrogens is 634 g/mol. The molecule has 0 saturated carbocycles. The monoisotopic (exact) mass is 685 g/mol. The Kier molecular flexibility index (Phi) is 14.4. The molecule has 1 aliphatic rings. The molecule has 4 N–H and O–H groups in total. The number of aromatic nitrogens is 1. The molecule has 1 aromatic heterocycles. The number of carbonyl (C=O) groups excluding carboxylic acids is 5. The van der Waals surface area contributed by atoms with Crippen molar-refractivity contribution in [3.63, 3.8) is 0 Å². The van der Waals surface area contributed by atoms with Crippen LogP contribution in [0.15, 0.2) is 30.5 Å². The lowest BCUT2D eigenvalue weighted by Crippen LogP contribution is -2.59. The van der Waals surface area contributed by atoms with Crippen LogP contribution >= 0.6 is 0 Å². The summed E-state index contributed by atoms with van der Waals surface area (Å²) in [5.41, 5.74) is 1.01. The van der Waals surface area contributed by atoms with E-state index in [-0.39, 0.29) is 43.5 Å². The minimum atomic E-state index is -1.52. The van der Waals surface area contributed by atoms with Gasteiger partial charge in [-0.1, -0.05) is 45.4 Å². The molecule has 0 radical (unpaired) electrons. The molecule has 14 heteroatoms. The van der Waals surface area contributed by atoms with Crippen molar-refractivity contribution < 1.29 is 43.3 Å². The van der Waals surface area contributed by atoms with Crippen molar-refractivity contribution >= 4 is 46.8 Å². The number of benzene rings is 1. The number of nitrogens with zero attached hydrogens (tertiary/aromatic N) is 2. The number of ether oxygens (including phenoxy) is 2. The quantitative estimate of drug-likeness (QED) is 0.159. The van der Waals surface area contributed by atoms with Gasteiger partial charge in [0, 0.05) is 30.1 Å². The highest BCUT2D eigenvalue weighted by Gasteiger charge is 2.35. The first-order valence-corrected chi connectivity index (χ1v) is 17.0. The van der Waals surface area contributed by atoms with Crippen molar-refractivity contribution in [3.8, 4) is 0 Å². The van der Waals surface area contributed by atoms with E-state index in [4.69, 9.17) is 9.47 Å². The van der Waals surface area contributed by atoms with Gasteiger partial charge in [0.25, 0.3) is 0 Å². The van der Waals surface area contributed by atoms with Crippen LogP contribution < -0.4 is 16.0 Å². The van der Waals surface area contributed by atoms with Gasteiger partial charge in [-0.05, 0) is 63.5 Å². The van der Waals surface area contributed by atoms with E-state index in [1.807, 2.05) is 34.6 Å². The summed E-state index contributed by atoms with van der Waals surface area (Å²) in [5.74, 6) is -3.71. The van der Waals surface area contributed by atoms with E-state index in [9.17, 15) is 33.9 Å². The highest BCUT2D eigenvalue weighted by Crippen LogP contribution is 2.24. The van der Waals surface area contributed by atoms with Crippen molar-refractivity contribution in [2.24, 2.45) is 5.92 Å². The number of fused-ring (bicyclic) bond motifs is 1. The Morgan fingerprint density at radius 1 is 0.939 bits per heavy atom. The van der Waals surface area contributed by atoms with Crippen molar-refractivity contribution in [2.75, 3.05) is 13.7 Å². The summed E-state index contributed by atoms with van der Waals surface area (Å²) in [6, 6.07) is 2.68. The summed E-state index contributed by atoms with van der Waals surface area (Å²) in [5, 5.41) is 18.2. The molecule has 1 aliphatic heterocycles. The second kappa shape index (κ2) is 18.2. The molecule has 14 nitrogen and oxygen atoms in total. The number of rotatable bonds is 15. The number of aliphatic carboxylic acids is 1. The third-order valence-electron chi connectivity index (χ3n) is 8.69. The standard InChI is InChI=1S/C35H51N5O9/c1-7-8-16-49-33(45)28(19-30(41)42)37-32(44)27(18-24-20-39(35(47)48-6)29-15-10-9-14-25(24)29)36-31(43)26(17-21(2)3)38-34(46)40-22(4)12-11-13-23(40)5/h9-10,14-15,20-23,26-28H,7-8,11-13,16-19H2,1-6H3,(H,36,43)(H,37,44)(H,38,46)(H,41,42). The Balaban J connectivity index is 1.97. The summed E-state index contributed by atoms with van der Waals surface area (Å²) in [6.07, 6.45) is 4.22. The van der Waals surface area contributed by atoms with Crippen molar-refractivity contribution in [1.29, 1.82) is 0 Å². The van der Waals surface area contributed by atoms with E-state index in [1.54, 1.807) is 29.2 Å². The first kappa shape index (κ1) is 38.8. The average Bonchev–Trinajstić information content (AvgIpc) is 3.41. The van der Waals surface area contributed by atoms with E-state index in [2.05, 4.69) is 16.0 Å². The van der Waals surface area contributed by atoms with Gasteiger partial charge in [-0.2, -0.15) is 0 Å². The Labute approximate surface area is 287 Å². The van der Waals surface area contributed by atoms with Crippen LogP contribution in [0.2, 0.25) is 0 Å². The van der Waals surface area contributed by atoms with E-state index < -0.39 is 54.4 Å². The minimum absolute atomic E-state index is 0.00426. The molecule has 5 atom stereocenters. The first-order valence-electron chi connectivity index (χ1n) is 17.0. The molecule has 0 bridgehead atoms. The summed E-state index contributed by atoms with van der Waals surface area (Å²) in [4.78, 5) is 80.2. The summed E-state index contributed by atoms with van der Waals surface area (Å²) in [6.45, 7) is 9.71. The number of piperidine rings is 1. The number of carboxylic acids is 1. The Morgan fingerprint density at radius 2 is 1.57 bits per heavy atom. The number of hydrogen-bond acceptors (Lipinski definition) is 8. The first-order chi connectivity index (χ1) is 23.3.